The van der Waals surface area contributed by atoms with E-state index in [9.17, 15) is 4.79 Å². The van der Waals surface area contributed by atoms with Crippen LogP contribution < -0.4 is 14.2 Å². The molecule has 5 rings (SSSR count). The van der Waals surface area contributed by atoms with Crippen LogP contribution in [-0.2, 0) is 0 Å². The summed E-state index contributed by atoms with van der Waals surface area (Å²) in [7, 11) is 3.21. The second kappa shape index (κ2) is 9.30. The number of carbonyl (C=O) groups excluding carboxylic acids is 1. The van der Waals surface area contributed by atoms with E-state index in [0.29, 0.717) is 36.9 Å². The van der Waals surface area contributed by atoms with E-state index < -0.39 is 0 Å². The second-order valence-corrected chi connectivity index (χ2v) is 8.66. The number of benzene rings is 2. The molecule has 178 valence electrons. The van der Waals surface area contributed by atoms with Crippen LogP contribution in [-0.4, -0.2) is 79.2 Å². The maximum atomic E-state index is 13.1. The van der Waals surface area contributed by atoms with E-state index in [1.807, 2.05) is 29.2 Å². The second-order valence-electron chi connectivity index (χ2n) is 8.66. The molecular formula is C26H30N4O4. The molecule has 0 radical (unpaired) electrons. The van der Waals surface area contributed by atoms with Crippen LogP contribution in [0.15, 0.2) is 42.5 Å². The summed E-state index contributed by atoms with van der Waals surface area (Å²) >= 11 is 0. The third kappa shape index (κ3) is 4.41. The summed E-state index contributed by atoms with van der Waals surface area (Å²) < 4.78 is 16.7. The van der Waals surface area contributed by atoms with Crippen LogP contribution in [0.5, 0.6) is 17.2 Å². The third-order valence-electron chi connectivity index (χ3n) is 6.42. The summed E-state index contributed by atoms with van der Waals surface area (Å²) in [5, 5.41) is 2.08. The molecule has 3 heterocycles. The first-order chi connectivity index (χ1) is 16.5. The molecule has 8 nitrogen and oxygen atoms in total. The van der Waals surface area contributed by atoms with E-state index in [1.165, 1.54) is 0 Å². The average molecular weight is 463 g/mol. The fourth-order valence-electron chi connectivity index (χ4n) is 4.56. The van der Waals surface area contributed by atoms with Gasteiger partial charge in [-0.25, -0.2) is 0 Å². The minimum atomic E-state index is 0.0140. The van der Waals surface area contributed by atoms with Gasteiger partial charge in [0.1, 0.15) is 18.1 Å². The highest BCUT2D eigenvalue weighted by Gasteiger charge is 2.23. The molecule has 1 saturated heterocycles. The van der Waals surface area contributed by atoms with Gasteiger partial charge in [0.2, 0.25) is 0 Å². The molecule has 8 heteroatoms. The lowest BCUT2D eigenvalue weighted by Crippen LogP contribution is -2.49. The zero-order valence-corrected chi connectivity index (χ0v) is 19.8. The number of amides is 1. The molecule has 0 aliphatic carbocycles. The van der Waals surface area contributed by atoms with Crippen molar-refractivity contribution >= 4 is 27.7 Å². The number of aromatic amines is 2. The molecule has 2 aromatic carbocycles. The van der Waals surface area contributed by atoms with Crippen LogP contribution in [0.2, 0.25) is 0 Å². The molecule has 0 saturated carbocycles. The first kappa shape index (κ1) is 22.2. The Morgan fingerprint density at radius 1 is 0.882 bits per heavy atom. The van der Waals surface area contributed by atoms with Crippen molar-refractivity contribution in [3.05, 3.63) is 53.9 Å². The van der Waals surface area contributed by atoms with E-state index in [4.69, 9.17) is 14.2 Å². The number of H-pyrrole nitrogens is 2. The average Bonchev–Trinajstić information content (AvgIpc) is 3.44. The van der Waals surface area contributed by atoms with Crippen LogP contribution in [0.3, 0.4) is 0 Å². The lowest BCUT2D eigenvalue weighted by Gasteiger charge is -2.34. The Morgan fingerprint density at radius 2 is 1.62 bits per heavy atom. The molecular weight excluding hydrogens is 432 g/mol. The van der Waals surface area contributed by atoms with E-state index in [2.05, 4.69) is 40.0 Å². The largest absolute Gasteiger partial charge is 0.493 e. The van der Waals surface area contributed by atoms with Gasteiger partial charge in [-0.3, -0.25) is 9.69 Å². The molecule has 1 fully saturated rings. The Morgan fingerprint density at radius 3 is 2.38 bits per heavy atom. The smallest absolute Gasteiger partial charge is 0.270 e. The number of aromatic nitrogens is 2. The highest BCUT2D eigenvalue weighted by molar-refractivity contribution is 5.98. The number of nitrogens with zero attached hydrogens (tertiary/aromatic N) is 2. The first-order valence-electron chi connectivity index (χ1n) is 11.5. The fraction of sp³-hybridized carbons (Fsp3) is 0.346. The number of rotatable bonds is 7. The van der Waals surface area contributed by atoms with Gasteiger partial charge < -0.3 is 29.1 Å². The number of hydrogen-bond donors (Lipinski definition) is 2. The summed E-state index contributed by atoms with van der Waals surface area (Å²) in [5.74, 6) is 2.18. The lowest BCUT2D eigenvalue weighted by molar-refractivity contribution is 0.0615. The van der Waals surface area contributed by atoms with Crippen molar-refractivity contribution in [2.75, 3.05) is 53.6 Å². The monoisotopic (exact) mass is 462 g/mol. The number of aryl methyl sites for hydroxylation is 1. The van der Waals surface area contributed by atoms with Gasteiger partial charge in [0.15, 0.2) is 11.5 Å². The number of piperazine rings is 1. The molecule has 1 aliphatic rings. The van der Waals surface area contributed by atoms with Gasteiger partial charge in [-0.2, -0.15) is 0 Å². The lowest BCUT2D eigenvalue weighted by atomic mass is 10.2. The molecule has 0 bridgehead atoms. The van der Waals surface area contributed by atoms with Crippen LogP contribution in [0, 0.1) is 6.92 Å². The Kier molecular flexibility index (Phi) is 6.06. The van der Waals surface area contributed by atoms with Crippen molar-refractivity contribution in [1.29, 1.82) is 0 Å². The molecule has 1 aliphatic heterocycles. The first-order valence-corrected chi connectivity index (χ1v) is 11.5. The number of nitrogens with one attached hydrogen (secondary N) is 2. The number of methoxy groups -OCH3 is 2. The zero-order valence-electron chi connectivity index (χ0n) is 19.8. The maximum absolute atomic E-state index is 13.1. The van der Waals surface area contributed by atoms with Crippen LogP contribution in [0.25, 0.3) is 21.8 Å². The van der Waals surface area contributed by atoms with Crippen molar-refractivity contribution in [2.24, 2.45) is 0 Å². The summed E-state index contributed by atoms with van der Waals surface area (Å²) in [5.41, 5.74) is 3.70. The molecule has 4 aromatic rings. The number of hydrogen-bond acceptors (Lipinski definition) is 5. The van der Waals surface area contributed by atoms with Gasteiger partial charge in [0.05, 0.1) is 14.2 Å². The Hall–Kier alpha value is -3.65. The van der Waals surface area contributed by atoms with Gasteiger partial charge in [0, 0.05) is 66.3 Å². The highest BCUT2D eigenvalue weighted by Crippen LogP contribution is 2.32. The van der Waals surface area contributed by atoms with Gasteiger partial charge in [-0.1, -0.05) is 0 Å². The van der Waals surface area contributed by atoms with Crippen LogP contribution in [0.1, 0.15) is 16.2 Å². The zero-order chi connectivity index (χ0) is 23.7. The van der Waals surface area contributed by atoms with Crippen LogP contribution in [0.4, 0.5) is 0 Å². The van der Waals surface area contributed by atoms with Crippen molar-refractivity contribution in [1.82, 2.24) is 19.8 Å². The molecule has 2 aromatic heterocycles. The van der Waals surface area contributed by atoms with Gasteiger partial charge in [-0.05, 0) is 43.3 Å². The molecule has 0 unspecified atom stereocenters. The van der Waals surface area contributed by atoms with Crippen molar-refractivity contribution in [3.63, 3.8) is 0 Å². The third-order valence-corrected chi connectivity index (χ3v) is 6.42. The molecule has 1 amide bonds. The number of ether oxygens (including phenoxy) is 3. The summed E-state index contributed by atoms with van der Waals surface area (Å²) in [6.45, 7) is 6.54. The topological polar surface area (TPSA) is 82.8 Å². The van der Waals surface area contributed by atoms with E-state index in [0.717, 1.165) is 52.9 Å². The molecule has 0 atom stereocenters. The van der Waals surface area contributed by atoms with E-state index >= 15 is 0 Å². The molecule has 0 spiro atoms. The summed E-state index contributed by atoms with van der Waals surface area (Å²) in [6.07, 6.45) is 0. The molecule has 34 heavy (non-hydrogen) atoms. The SMILES string of the molecule is COc1cc2cc(C(=O)N3CCN(CCOc4ccc5[nH]c(C)cc5c4)CC3)[nH]c2cc1OC. The minimum absolute atomic E-state index is 0.0140. The number of fused-ring (bicyclic) bond motifs is 2. The maximum Gasteiger partial charge on any atom is 0.270 e. The predicted molar refractivity (Wildman–Crippen MR) is 132 cm³/mol. The Balaban J connectivity index is 1.14. The Bertz CT molecular complexity index is 1280. The normalized spacial score (nSPS) is 14.6. The fourth-order valence-corrected chi connectivity index (χ4v) is 4.56. The summed E-state index contributed by atoms with van der Waals surface area (Å²) in [4.78, 5) is 23.9. The highest BCUT2D eigenvalue weighted by atomic mass is 16.5. The predicted octanol–water partition coefficient (Wildman–Crippen LogP) is 3.81. The van der Waals surface area contributed by atoms with E-state index in [-0.39, 0.29) is 5.91 Å². The van der Waals surface area contributed by atoms with Crippen molar-refractivity contribution in [2.45, 2.75) is 6.92 Å². The quantitative estimate of drug-likeness (QED) is 0.436. The Labute approximate surface area is 198 Å². The van der Waals surface area contributed by atoms with Crippen molar-refractivity contribution in [3.8, 4) is 17.2 Å². The van der Waals surface area contributed by atoms with Crippen molar-refractivity contribution < 1.29 is 19.0 Å². The van der Waals surface area contributed by atoms with Crippen LogP contribution >= 0.6 is 0 Å². The number of carbonyl (C=O) groups is 1. The standard InChI is InChI=1S/C26H30N4O4/c1-17-12-18-13-20(4-5-21(18)27-17)34-11-10-29-6-8-30(9-7-29)26(31)23-14-19-15-24(32-2)25(33-3)16-22(19)28-23/h4-5,12-16,27-28H,6-11H2,1-3H3. The minimum Gasteiger partial charge on any atom is -0.493 e. The summed E-state index contributed by atoms with van der Waals surface area (Å²) in [6, 6.07) is 13.9. The van der Waals surface area contributed by atoms with Gasteiger partial charge in [-0.15, -0.1) is 0 Å². The van der Waals surface area contributed by atoms with Gasteiger partial charge >= 0.3 is 0 Å². The van der Waals surface area contributed by atoms with E-state index in [1.54, 1.807) is 14.2 Å². The van der Waals surface area contributed by atoms with Gasteiger partial charge in [0.25, 0.3) is 5.91 Å². The molecule has 2 N–H and O–H groups in total.